The lowest BCUT2D eigenvalue weighted by atomic mass is 10.0. The summed E-state index contributed by atoms with van der Waals surface area (Å²) in [4.78, 5) is 8.72. The summed E-state index contributed by atoms with van der Waals surface area (Å²) < 4.78 is 1.17. The van der Waals surface area contributed by atoms with Crippen molar-refractivity contribution in [3.63, 3.8) is 0 Å². The molecule has 3 nitrogen and oxygen atoms in total. The number of rotatable bonds is 5. The molecule has 2 aromatic heterocycles. The second-order valence-corrected chi connectivity index (χ2v) is 6.21. The fourth-order valence-electron chi connectivity index (χ4n) is 1.96. The van der Waals surface area contributed by atoms with Crippen LogP contribution in [0.15, 0.2) is 11.7 Å². The molecule has 2 aromatic rings. The largest absolute Gasteiger partial charge is 0.366 e. The molecular formula is C14H21N3S. The van der Waals surface area contributed by atoms with Gasteiger partial charge in [-0.05, 0) is 43.6 Å². The second-order valence-electron chi connectivity index (χ2n) is 5.34. The minimum Gasteiger partial charge on any atom is -0.366 e. The Kier molecular flexibility index (Phi) is 4.17. The van der Waals surface area contributed by atoms with Gasteiger partial charge in [-0.2, -0.15) is 0 Å². The van der Waals surface area contributed by atoms with Gasteiger partial charge in [0.05, 0.1) is 10.2 Å². The molecule has 0 aliphatic heterocycles. The van der Waals surface area contributed by atoms with Crippen LogP contribution in [0.2, 0.25) is 0 Å². The molecule has 2 heterocycles. The lowest BCUT2D eigenvalue weighted by Crippen LogP contribution is -2.16. The fourth-order valence-corrected chi connectivity index (χ4v) is 2.92. The summed E-state index contributed by atoms with van der Waals surface area (Å²) in [6.45, 7) is 8.84. The number of nitrogens with zero attached hydrogens (tertiary/aromatic N) is 2. The van der Waals surface area contributed by atoms with Crippen LogP contribution in [-0.2, 0) is 0 Å². The van der Waals surface area contributed by atoms with Crippen molar-refractivity contribution in [2.45, 2.75) is 46.6 Å². The van der Waals surface area contributed by atoms with Gasteiger partial charge in [0.15, 0.2) is 0 Å². The highest BCUT2D eigenvalue weighted by atomic mass is 32.1. The van der Waals surface area contributed by atoms with E-state index in [2.05, 4.69) is 48.4 Å². The van der Waals surface area contributed by atoms with Crippen LogP contribution in [0.5, 0.6) is 0 Å². The van der Waals surface area contributed by atoms with E-state index in [0.717, 1.165) is 17.3 Å². The van der Waals surface area contributed by atoms with Gasteiger partial charge < -0.3 is 5.32 Å². The number of anilines is 1. The molecule has 0 radical (unpaired) electrons. The first-order valence-corrected chi connectivity index (χ1v) is 7.41. The molecule has 0 spiro atoms. The van der Waals surface area contributed by atoms with Gasteiger partial charge in [-0.3, -0.25) is 0 Å². The van der Waals surface area contributed by atoms with Crippen molar-refractivity contribution in [3.05, 3.63) is 17.3 Å². The molecule has 0 saturated carbocycles. The van der Waals surface area contributed by atoms with E-state index in [0.29, 0.717) is 6.04 Å². The number of aromatic nitrogens is 2. The topological polar surface area (TPSA) is 37.8 Å². The Bertz CT molecular complexity index is 519. The number of hydrogen-bond acceptors (Lipinski definition) is 4. The maximum atomic E-state index is 4.38. The van der Waals surface area contributed by atoms with Crippen LogP contribution >= 0.6 is 11.3 Å². The van der Waals surface area contributed by atoms with E-state index in [-0.39, 0.29) is 0 Å². The molecule has 18 heavy (non-hydrogen) atoms. The Hall–Kier alpha value is -1.16. The van der Waals surface area contributed by atoms with Crippen molar-refractivity contribution in [1.29, 1.82) is 0 Å². The van der Waals surface area contributed by atoms with Crippen molar-refractivity contribution in [2.75, 3.05) is 5.32 Å². The normalized spacial score (nSPS) is 13.2. The maximum absolute atomic E-state index is 4.38. The Morgan fingerprint density at radius 3 is 2.72 bits per heavy atom. The average Bonchev–Trinajstić information content (AvgIpc) is 2.70. The Balaban J connectivity index is 2.11. The zero-order valence-electron chi connectivity index (χ0n) is 11.5. The van der Waals surface area contributed by atoms with Gasteiger partial charge in [-0.1, -0.05) is 13.8 Å². The molecule has 0 fully saturated rings. The van der Waals surface area contributed by atoms with Gasteiger partial charge in [-0.15, -0.1) is 11.3 Å². The van der Waals surface area contributed by atoms with Crippen molar-refractivity contribution in [1.82, 2.24) is 9.97 Å². The third-order valence-electron chi connectivity index (χ3n) is 3.09. The number of thiophene rings is 1. The van der Waals surface area contributed by atoms with E-state index >= 15 is 0 Å². The van der Waals surface area contributed by atoms with Crippen LogP contribution in [0.25, 0.3) is 10.2 Å². The minimum absolute atomic E-state index is 0.452. The summed E-state index contributed by atoms with van der Waals surface area (Å²) in [6.07, 6.45) is 4.07. The molecule has 98 valence electrons. The molecule has 0 saturated heterocycles. The molecule has 0 bridgehead atoms. The second kappa shape index (κ2) is 5.65. The first-order valence-electron chi connectivity index (χ1n) is 6.53. The molecule has 0 aromatic carbocycles. The summed E-state index contributed by atoms with van der Waals surface area (Å²) in [5.41, 5.74) is 2.31. The van der Waals surface area contributed by atoms with Crippen molar-refractivity contribution in [3.8, 4) is 0 Å². The third-order valence-corrected chi connectivity index (χ3v) is 4.18. The van der Waals surface area contributed by atoms with Crippen LogP contribution in [-0.4, -0.2) is 16.0 Å². The van der Waals surface area contributed by atoms with E-state index in [1.807, 2.05) is 0 Å². The molecule has 1 N–H and O–H groups in total. The van der Waals surface area contributed by atoms with Crippen molar-refractivity contribution >= 4 is 27.4 Å². The fraction of sp³-hybridized carbons (Fsp3) is 0.571. The molecular weight excluding hydrogens is 242 g/mol. The number of nitrogens with one attached hydrogen (secondary N) is 1. The van der Waals surface area contributed by atoms with Gasteiger partial charge in [0.2, 0.25) is 0 Å². The van der Waals surface area contributed by atoms with Gasteiger partial charge in [0.25, 0.3) is 0 Å². The molecule has 1 unspecified atom stereocenters. The van der Waals surface area contributed by atoms with Crippen LogP contribution in [0, 0.1) is 12.8 Å². The minimum atomic E-state index is 0.452. The summed E-state index contributed by atoms with van der Waals surface area (Å²) >= 11 is 1.72. The van der Waals surface area contributed by atoms with E-state index in [4.69, 9.17) is 0 Å². The number of hydrogen-bond donors (Lipinski definition) is 1. The molecule has 0 amide bonds. The van der Waals surface area contributed by atoms with Gasteiger partial charge in [0, 0.05) is 6.04 Å². The Labute approximate surface area is 113 Å². The first kappa shape index (κ1) is 13.3. The maximum Gasteiger partial charge on any atom is 0.147 e. The van der Waals surface area contributed by atoms with E-state index in [1.165, 1.54) is 23.1 Å². The molecule has 2 rings (SSSR count). The van der Waals surface area contributed by atoms with Gasteiger partial charge in [-0.25, -0.2) is 9.97 Å². The molecule has 0 aliphatic carbocycles. The van der Waals surface area contributed by atoms with E-state index in [1.54, 1.807) is 17.7 Å². The summed E-state index contributed by atoms with van der Waals surface area (Å²) in [6, 6.07) is 0.452. The van der Waals surface area contributed by atoms with Crippen LogP contribution in [0.3, 0.4) is 0 Å². The molecule has 0 aliphatic rings. The number of aryl methyl sites for hydroxylation is 1. The monoisotopic (exact) mass is 263 g/mol. The average molecular weight is 263 g/mol. The van der Waals surface area contributed by atoms with Crippen molar-refractivity contribution < 1.29 is 0 Å². The Morgan fingerprint density at radius 2 is 2.00 bits per heavy atom. The lowest BCUT2D eigenvalue weighted by molar-refractivity contribution is 0.527. The zero-order valence-corrected chi connectivity index (χ0v) is 12.3. The van der Waals surface area contributed by atoms with E-state index < -0.39 is 0 Å². The van der Waals surface area contributed by atoms with Gasteiger partial charge >= 0.3 is 0 Å². The van der Waals surface area contributed by atoms with Crippen LogP contribution in [0.4, 0.5) is 5.82 Å². The SMILES string of the molecule is Cc1csc2c(NC(C)CCC(C)C)ncnc12. The third kappa shape index (κ3) is 2.99. The van der Waals surface area contributed by atoms with Gasteiger partial charge in [0.1, 0.15) is 12.1 Å². The van der Waals surface area contributed by atoms with E-state index in [9.17, 15) is 0 Å². The summed E-state index contributed by atoms with van der Waals surface area (Å²) in [5, 5.41) is 5.66. The van der Waals surface area contributed by atoms with Crippen LogP contribution < -0.4 is 5.32 Å². The van der Waals surface area contributed by atoms with Crippen LogP contribution in [0.1, 0.15) is 39.2 Å². The quantitative estimate of drug-likeness (QED) is 0.877. The summed E-state index contributed by atoms with van der Waals surface area (Å²) in [7, 11) is 0. The first-order chi connectivity index (χ1) is 8.58. The standard InChI is InChI=1S/C14H21N3S/c1-9(2)5-6-11(4)17-14-13-12(15-8-16-14)10(3)7-18-13/h7-9,11H,5-6H2,1-4H3,(H,15,16,17). The summed E-state index contributed by atoms with van der Waals surface area (Å²) in [5.74, 6) is 1.73. The Morgan fingerprint density at radius 1 is 1.22 bits per heavy atom. The van der Waals surface area contributed by atoms with Crippen molar-refractivity contribution in [2.24, 2.45) is 5.92 Å². The molecule has 1 atom stereocenters. The zero-order chi connectivity index (χ0) is 13.1. The smallest absolute Gasteiger partial charge is 0.147 e. The highest BCUT2D eigenvalue weighted by Crippen LogP contribution is 2.29. The predicted molar refractivity (Wildman–Crippen MR) is 79.3 cm³/mol. The highest BCUT2D eigenvalue weighted by molar-refractivity contribution is 7.18. The lowest BCUT2D eigenvalue weighted by Gasteiger charge is -2.15. The highest BCUT2D eigenvalue weighted by Gasteiger charge is 2.10. The molecule has 4 heteroatoms. The predicted octanol–water partition coefficient (Wildman–Crippen LogP) is 4.24. The number of fused-ring (bicyclic) bond motifs is 1.